The van der Waals surface area contributed by atoms with E-state index < -0.39 is 0 Å². The predicted octanol–water partition coefficient (Wildman–Crippen LogP) is 10.2. The van der Waals surface area contributed by atoms with Crippen LogP contribution in [0, 0.1) is 0 Å². The second kappa shape index (κ2) is 11.8. The monoisotopic (exact) mass is 646 g/mol. The van der Waals surface area contributed by atoms with Gasteiger partial charge in [0, 0.05) is 25.0 Å². The van der Waals surface area contributed by atoms with E-state index in [1.54, 1.807) is 5.56 Å². The van der Waals surface area contributed by atoms with Crippen LogP contribution in [0.4, 0.5) is 0 Å². The van der Waals surface area contributed by atoms with Gasteiger partial charge in [0.15, 0.2) is 0 Å². The number of hydrogen-bond acceptors (Lipinski definition) is 0. The van der Waals surface area contributed by atoms with E-state index in [-0.39, 0.29) is 5.41 Å². The van der Waals surface area contributed by atoms with Gasteiger partial charge in [0.25, 0.3) is 0 Å². The normalized spacial score (nSPS) is 14.1. The molecule has 0 nitrogen and oxygen atoms in total. The van der Waals surface area contributed by atoms with Gasteiger partial charge in [-0.05, 0) is 85.9 Å². The SMILES string of the molecule is BrCCCCCCC1(CCCCCCBr)c2ccccc2-c2ccc(Br)c(Br)c21. The van der Waals surface area contributed by atoms with Crippen molar-refractivity contribution in [2.75, 3.05) is 10.7 Å². The van der Waals surface area contributed by atoms with E-state index in [4.69, 9.17) is 0 Å². The Morgan fingerprint density at radius 3 is 1.83 bits per heavy atom. The van der Waals surface area contributed by atoms with E-state index in [1.807, 2.05) is 0 Å². The van der Waals surface area contributed by atoms with Crippen molar-refractivity contribution >= 4 is 63.7 Å². The first-order valence-corrected chi connectivity index (χ1v) is 14.7. The summed E-state index contributed by atoms with van der Waals surface area (Å²) >= 11 is 14.9. The average molecular weight is 650 g/mol. The third kappa shape index (κ3) is 5.41. The molecule has 0 saturated carbocycles. The van der Waals surface area contributed by atoms with Gasteiger partial charge in [-0.1, -0.05) is 101 Å². The molecule has 0 fully saturated rings. The number of benzene rings is 2. The standard InChI is InChI=1S/C25H30Br4/c26-17-9-3-1-7-15-25(16-8-2-4-10-18-27)21-12-6-5-11-19(21)20-13-14-22(28)24(29)23(20)25/h5-6,11-14H,1-4,7-10,15-18H2. The van der Waals surface area contributed by atoms with Gasteiger partial charge in [-0.15, -0.1) is 0 Å². The van der Waals surface area contributed by atoms with Crippen molar-refractivity contribution in [1.29, 1.82) is 0 Å². The van der Waals surface area contributed by atoms with E-state index in [0.717, 1.165) is 10.7 Å². The molecule has 0 N–H and O–H groups in total. The number of hydrogen-bond donors (Lipinski definition) is 0. The minimum Gasteiger partial charge on any atom is -0.0928 e. The van der Waals surface area contributed by atoms with Crippen LogP contribution in [0.1, 0.15) is 75.3 Å². The Hall–Kier alpha value is 0.360. The maximum atomic E-state index is 3.97. The molecule has 0 aromatic heterocycles. The first-order valence-electron chi connectivity index (χ1n) is 10.9. The molecule has 1 aliphatic carbocycles. The molecule has 0 heterocycles. The van der Waals surface area contributed by atoms with Gasteiger partial charge >= 0.3 is 0 Å². The molecular formula is C25H30Br4. The fourth-order valence-corrected chi connectivity index (χ4v) is 6.76. The molecule has 2 aromatic carbocycles. The van der Waals surface area contributed by atoms with Crippen LogP contribution >= 0.6 is 63.7 Å². The van der Waals surface area contributed by atoms with Crippen LogP contribution in [-0.2, 0) is 5.41 Å². The molecular weight excluding hydrogens is 620 g/mol. The van der Waals surface area contributed by atoms with Crippen LogP contribution in [-0.4, -0.2) is 10.7 Å². The van der Waals surface area contributed by atoms with Crippen LogP contribution in [0.15, 0.2) is 45.3 Å². The molecule has 4 heteroatoms. The zero-order chi connectivity index (χ0) is 20.7. The highest BCUT2D eigenvalue weighted by molar-refractivity contribution is 9.13. The van der Waals surface area contributed by atoms with Gasteiger partial charge in [-0.25, -0.2) is 0 Å². The largest absolute Gasteiger partial charge is 0.0928 e. The topological polar surface area (TPSA) is 0 Å². The highest BCUT2D eigenvalue weighted by atomic mass is 79.9. The van der Waals surface area contributed by atoms with Crippen LogP contribution in [0.5, 0.6) is 0 Å². The van der Waals surface area contributed by atoms with Gasteiger partial charge in [0.05, 0.1) is 0 Å². The lowest BCUT2D eigenvalue weighted by molar-refractivity contribution is 0.400. The average Bonchev–Trinajstić information content (AvgIpc) is 3.01. The molecule has 0 amide bonds. The van der Waals surface area contributed by atoms with Gasteiger partial charge < -0.3 is 0 Å². The Kier molecular flexibility index (Phi) is 9.80. The van der Waals surface area contributed by atoms with Gasteiger partial charge in [0.1, 0.15) is 0 Å². The highest BCUT2D eigenvalue weighted by Gasteiger charge is 2.43. The van der Waals surface area contributed by atoms with Crippen molar-refractivity contribution in [2.45, 2.75) is 69.6 Å². The highest BCUT2D eigenvalue weighted by Crippen LogP contribution is 2.57. The molecule has 1 aliphatic rings. The maximum absolute atomic E-state index is 3.97. The third-order valence-corrected chi connectivity index (χ3v) is 9.42. The number of alkyl halides is 2. The minimum atomic E-state index is 0.136. The summed E-state index contributed by atoms with van der Waals surface area (Å²) in [7, 11) is 0. The number of unbranched alkanes of at least 4 members (excludes halogenated alkanes) is 6. The van der Waals surface area contributed by atoms with E-state index in [9.17, 15) is 0 Å². The molecule has 3 rings (SSSR count). The van der Waals surface area contributed by atoms with Crippen molar-refractivity contribution in [3.05, 3.63) is 56.5 Å². The molecule has 0 bridgehead atoms. The Morgan fingerprint density at radius 1 is 0.621 bits per heavy atom. The molecule has 158 valence electrons. The summed E-state index contributed by atoms with van der Waals surface area (Å²) in [5.41, 5.74) is 6.08. The third-order valence-electron chi connectivity index (χ3n) is 6.28. The summed E-state index contributed by atoms with van der Waals surface area (Å²) in [6, 6.07) is 13.7. The van der Waals surface area contributed by atoms with E-state index in [0.29, 0.717) is 0 Å². The smallest absolute Gasteiger partial charge is 0.0364 e. The molecule has 0 atom stereocenters. The predicted molar refractivity (Wildman–Crippen MR) is 142 cm³/mol. The van der Waals surface area contributed by atoms with Crippen LogP contribution in [0.25, 0.3) is 11.1 Å². The van der Waals surface area contributed by atoms with Gasteiger partial charge in [-0.2, -0.15) is 0 Å². The van der Waals surface area contributed by atoms with E-state index >= 15 is 0 Å². The molecule has 0 saturated heterocycles. The summed E-state index contributed by atoms with van der Waals surface area (Å²) in [5, 5.41) is 2.24. The van der Waals surface area contributed by atoms with Crippen molar-refractivity contribution in [1.82, 2.24) is 0 Å². The summed E-state index contributed by atoms with van der Waals surface area (Å²) in [5.74, 6) is 0. The second-order valence-electron chi connectivity index (χ2n) is 8.12. The van der Waals surface area contributed by atoms with Crippen molar-refractivity contribution in [3.63, 3.8) is 0 Å². The van der Waals surface area contributed by atoms with Crippen molar-refractivity contribution in [2.24, 2.45) is 0 Å². The first-order chi connectivity index (χ1) is 14.2. The van der Waals surface area contributed by atoms with Crippen LogP contribution < -0.4 is 0 Å². The first kappa shape index (κ1) is 24.0. The Morgan fingerprint density at radius 2 is 1.21 bits per heavy atom. The molecule has 0 spiro atoms. The lowest BCUT2D eigenvalue weighted by atomic mass is 9.70. The zero-order valence-corrected chi connectivity index (χ0v) is 23.3. The maximum Gasteiger partial charge on any atom is 0.0364 e. The van der Waals surface area contributed by atoms with E-state index in [2.05, 4.69) is 100 Å². The summed E-state index contributed by atoms with van der Waals surface area (Å²) < 4.78 is 2.43. The summed E-state index contributed by atoms with van der Waals surface area (Å²) in [6.07, 6.45) is 12.9. The summed E-state index contributed by atoms with van der Waals surface area (Å²) in [6.45, 7) is 0. The van der Waals surface area contributed by atoms with E-state index in [1.165, 1.54) is 89.8 Å². The Balaban J connectivity index is 1.95. The van der Waals surface area contributed by atoms with Crippen LogP contribution in [0.2, 0.25) is 0 Å². The van der Waals surface area contributed by atoms with Gasteiger partial charge in [-0.3, -0.25) is 0 Å². The van der Waals surface area contributed by atoms with Crippen LogP contribution in [0.3, 0.4) is 0 Å². The quantitative estimate of drug-likeness (QED) is 0.159. The molecule has 0 aliphatic heterocycles. The second-order valence-corrected chi connectivity index (χ2v) is 11.4. The molecule has 0 radical (unpaired) electrons. The molecule has 29 heavy (non-hydrogen) atoms. The number of rotatable bonds is 12. The lowest BCUT2D eigenvalue weighted by Gasteiger charge is -2.34. The van der Waals surface area contributed by atoms with Gasteiger partial charge in [0.2, 0.25) is 0 Å². The minimum absolute atomic E-state index is 0.136. The van der Waals surface area contributed by atoms with Crippen molar-refractivity contribution in [3.8, 4) is 11.1 Å². The van der Waals surface area contributed by atoms with Crippen molar-refractivity contribution < 1.29 is 0 Å². The summed E-state index contributed by atoms with van der Waals surface area (Å²) in [4.78, 5) is 0. The Labute approximate surface area is 210 Å². The number of fused-ring (bicyclic) bond motifs is 3. The zero-order valence-electron chi connectivity index (χ0n) is 17.0. The number of halogens is 4. The molecule has 0 unspecified atom stereocenters. The fourth-order valence-electron chi connectivity index (χ4n) is 4.91. The lowest BCUT2D eigenvalue weighted by Crippen LogP contribution is -2.26. The Bertz CT molecular complexity index is 785. The molecule has 2 aromatic rings. The fraction of sp³-hybridized carbons (Fsp3) is 0.520.